The van der Waals surface area contributed by atoms with Crippen LogP contribution in [0.1, 0.15) is 29.8 Å². The molecule has 0 saturated heterocycles. The summed E-state index contributed by atoms with van der Waals surface area (Å²) in [7, 11) is -3.85. The number of carbonyl (C=O) groups excluding carboxylic acids is 1. The van der Waals surface area contributed by atoms with E-state index in [1.807, 2.05) is 13.8 Å². The van der Waals surface area contributed by atoms with E-state index in [0.717, 1.165) is 0 Å². The van der Waals surface area contributed by atoms with Crippen molar-refractivity contribution < 1.29 is 22.7 Å². The normalized spacial score (nSPS) is 11.7. The third kappa shape index (κ3) is 5.82. The van der Waals surface area contributed by atoms with E-state index >= 15 is 0 Å². The van der Waals surface area contributed by atoms with Crippen LogP contribution in [0.5, 0.6) is 0 Å². The number of rotatable bonds is 7. The van der Waals surface area contributed by atoms with E-state index in [4.69, 9.17) is 14.6 Å². The average Bonchev–Trinajstić information content (AvgIpc) is 2.36. The molecule has 0 aromatic heterocycles. The molecule has 0 saturated carbocycles. The molecule has 6 nitrogen and oxygen atoms in total. The van der Waals surface area contributed by atoms with E-state index < -0.39 is 16.0 Å². The fraction of sp³-hybridized carbons (Fsp3) is 0.500. The van der Waals surface area contributed by atoms with Crippen LogP contribution in [0.15, 0.2) is 23.1 Å². The van der Waals surface area contributed by atoms with E-state index in [-0.39, 0.29) is 17.1 Å². The molecule has 0 atom stereocenters. The molecule has 118 valence electrons. The summed E-state index contributed by atoms with van der Waals surface area (Å²) in [5, 5.41) is 5.04. The van der Waals surface area contributed by atoms with Gasteiger partial charge in [-0.15, -0.1) is 0 Å². The molecule has 1 rings (SSSR count). The van der Waals surface area contributed by atoms with Gasteiger partial charge in [0.15, 0.2) is 0 Å². The first-order valence-corrected chi connectivity index (χ1v) is 8.14. The minimum Gasteiger partial charge on any atom is -0.460 e. The molecule has 1 aromatic carbocycles. The fourth-order valence-corrected chi connectivity index (χ4v) is 2.13. The van der Waals surface area contributed by atoms with Crippen molar-refractivity contribution in [1.82, 2.24) is 0 Å². The number of hydrogen-bond acceptors (Lipinski definition) is 5. The molecule has 1 aromatic rings. The van der Waals surface area contributed by atoms with Crippen molar-refractivity contribution in [3.63, 3.8) is 0 Å². The van der Waals surface area contributed by atoms with Crippen LogP contribution in [0, 0.1) is 12.8 Å². The van der Waals surface area contributed by atoms with Gasteiger partial charge in [0.2, 0.25) is 10.0 Å². The van der Waals surface area contributed by atoms with Gasteiger partial charge in [0, 0.05) is 6.61 Å². The molecule has 21 heavy (non-hydrogen) atoms. The lowest BCUT2D eigenvalue weighted by atomic mass is 10.1. The van der Waals surface area contributed by atoms with Crippen LogP contribution >= 0.6 is 0 Å². The predicted molar refractivity (Wildman–Crippen MR) is 78.5 cm³/mol. The lowest BCUT2D eigenvalue weighted by Crippen LogP contribution is -2.16. The molecule has 0 bridgehead atoms. The Kier molecular flexibility index (Phi) is 6.32. The number of aryl methyl sites for hydroxylation is 1. The minimum atomic E-state index is -3.85. The van der Waals surface area contributed by atoms with Crippen LogP contribution in [-0.4, -0.2) is 34.2 Å². The SMILES string of the molecule is Cc1ccc(S(N)(=O)=O)cc1C(=O)OCCOCC(C)C. The first kappa shape index (κ1) is 17.6. The van der Waals surface area contributed by atoms with Crippen LogP contribution in [-0.2, 0) is 19.5 Å². The third-order valence-corrected chi connectivity index (χ3v) is 3.58. The summed E-state index contributed by atoms with van der Waals surface area (Å²) in [6.45, 7) is 6.75. The topological polar surface area (TPSA) is 95.7 Å². The maximum absolute atomic E-state index is 11.9. The summed E-state index contributed by atoms with van der Waals surface area (Å²) >= 11 is 0. The molecule has 0 amide bonds. The maximum Gasteiger partial charge on any atom is 0.338 e. The van der Waals surface area contributed by atoms with E-state index in [1.54, 1.807) is 6.92 Å². The zero-order valence-electron chi connectivity index (χ0n) is 12.5. The maximum atomic E-state index is 11.9. The number of esters is 1. The average molecular weight is 315 g/mol. The summed E-state index contributed by atoms with van der Waals surface area (Å²) in [5.74, 6) is -0.180. The van der Waals surface area contributed by atoms with Crippen molar-refractivity contribution >= 4 is 16.0 Å². The molecule has 0 spiro atoms. The van der Waals surface area contributed by atoms with Gasteiger partial charge in [-0.1, -0.05) is 19.9 Å². The molecule has 0 heterocycles. The minimum absolute atomic E-state index is 0.115. The predicted octanol–water partition coefficient (Wildman–Crippen LogP) is 1.47. The summed E-state index contributed by atoms with van der Waals surface area (Å²) in [6, 6.07) is 4.10. The molecule has 7 heteroatoms. The van der Waals surface area contributed by atoms with Crippen LogP contribution in [0.3, 0.4) is 0 Å². The Hall–Kier alpha value is -1.44. The molecule has 0 aliphatic heterocycles. The number of carbonyl (C=O) groups is 1. The molecular formula is C14H21NO5S. The van der Waals surface area contributed by atoms with Crippen LogP contribution in [0.2, 0.25) is 0 Å². The van der Waals surface area contributed by atoms with Crippen molar-refractivity contribution in [3.05, 3.63) is 29.3 Å². The number of sulfonamides is 1. The molecular weight excluding hydrogens is 294 g/mol. The van der Waals surface area contributed by atoms with Crippen LogP contribution < -0.4 is 5.14 Å². The zero-order chi connectivity index (χ0) is 16.0. The Balaban J connectivity index is 2.66. The highest BCUT2D eigenvalue weighted by atomic mass is 32.2. The monoisotopic (exact) mass is 315 g/mol. The lowest BCUT2D eigenvalue weighted by Gasteiger charge is -2.10. The largest absolute Gasteiger partial charge is 0.460 e. The molecule has 2 N–H and O–H groups in total. The third-order valence-electron chi connectivity index (χ3n) is 2.67. The Labute approximate surface area is 125 Å². The Morgan fingerprint density at radius 3 is 2.52 bits per heavy atom. The Morgan fingerprint density at radius 2 is 1.95 bits per heavy atom. The molecule has 0 aliphatic carbocycles. The van der Waals surface area contributed by atoms with Gasteiger partial charge in [0.25, 0.3) is 0 Å². The van der Waals surface area contributed by atoms with Crippen LogP contribution in [0.25, 0.3) is 0 Å². The number of hydrogen-bond donors (Lipinski definition) is 1. The van der Waals surface area contributed by atoms with Gasteiger partial charge in [-0.25, -0.2) is 18.4 Å². The van der Waals surface area contributed by atoms with Gasteiger partial charge in [0.05, 0.1) is 17.1 Å². The molecule has 0 fully saturated rings. The molecule has 0 aliphatic rings. The van der Waals surface area contributed by atoms with Gasteiger partial charge in [0.1, 0.15) is 6.61 Å². The Bertz CT molecular complexity index is 595. The highest BCUT2D eigenvalue weighted by molar-refractivity contribution is 7.89. The summed E-state index contributed by atoms with van der Waals surface area (Å²) in [5.41, 5.74) is 0.806. The van der Waals surface area contributed by atoms with Crippen molar-refractivity contribution in [2.45, 2.75) is 25.7 Å². The van der Waals surface area contributed by atoms with E-state index in [1.165, 1.54) is 18.2 Å². The van der Waals surface area contributed by atoms with Crippen LogP contribution in [0.4, 0.5) is 0 Å². The number of benzene rings is 1. The lowest BCUT2D eigenvalue weighted by molar-refractivity contribution is 0.0277. The second kappa shape index (κ2) is 7.53. The Morgan fingerprint density at radius 1 is 1.29 bits per heavy atom. The highest BCUT2D eigenvalue weighted by Crippen LogP contribution is 2.15. The van der Waals surface area contributed by atoms with Crippen molar-refractivity contribution in [2.75, 3.05) is 19.8 Å². The zero-order valence-corrected chi connectivity index (χ0v) is 13.3. The summed E-state index contributed by atoms with van der Waals surface area (Å²) in [4.78, 5) is 11.8. The second-order valence-electron chi connectivity index (χ2n) is 5.13. The molecule has 0 radical (unpaired) electrons. The van der Waals surface area contributed by atoms with E-state index in [9.17, 15) is 13.2 Å². The van der Waals surface area contributed by atoms with E-state index in [0.29, 0.717) is 24.7 Å². The van der Waals surface area contributed by atoms with Crippen molar-refractivity contribution in [2.24, 2.45) is 11.1 Å². The smallest absolute Gasteiger partial charge is 0.338 e. The number of primary sulfonamides is 1. The van der Waals surface area contributed by atoms with Gasteiger partial charge >= 0.3 is 5.97 Å². The van der Waals surface area contributed by atoms with Gasteiger partial charge in [-0.05, 0) is 30.5 Å². The van der Waals surface area contributed by atoms with Gasteiger partial charge < -0.3 is 9.47 Å². The summed E-state index contributed by atoms with van der Waals surface area (Å²) in [6.07, 6.45) is 0. The number of nitrogens with two attached hydrogens (primary N) is 1. The van der Waals surface area contributed by atoms with Gasteiger partial charge in [-0.2, -0.15) is 0 Å². The first-order valence-electron chi connectivity index (χ1n) is 6.60. The second-order valence-corrected chi connectivity index (χ2v) is 6.69. The quantitative estimate of drug-likeness (QED) is 0.607. The molecule has 0 unspecified atom stereocenters. The first-order chi connectivity index (χ1) is 9.71. The fourth-order valence-electron chi connectivity index (χ4n) is 1.59. The van der Waals surface area contributed by atoms with Gasteiger partial charge in [-0.3, -0.25) is 0 Å². The highest BCUT2D eigenvalue weighted by Gasteiger charge is 2.15. The number of ether oxygens (including phenoxy) is 2. The summed E-state index contributed by atoms with van der Waals surface area (Å²) < 4.78 is 32.9. The van der Waals surface area contributed by atoms with E-state index in [2.05, 4.69) is 0 Å². The van der Waals surface area contributed by atoms with Crippen molar-refractivity contribution in [3.8, 4) is 0 Å². The van der Waals surface area contributed by atoms with Crippen molar-refractivity contribution in [1.29, 1.82) is 0 Å². The standard InChI is InChI=1S/C14H21NO5S/c1-10(2)9-19-6-7-20-14(16)13-8-12(21(15,17)18)5-4-11(13)3/h4-5,8,10H,6-7,9H2,1-3H3,(H2,15,17,18).